The lowest BCUT2D eigenvalue weighted by Gasteiger charge is -2.69. The molecule has 6 aliphatic rings. The molecule has 1 aromatic carbocycles. The van der Waals surface area contributed by atoms with Gasteiger partial charge in [-0.2, -0.15) is 0 Å². The molecule has 0 unspecified atom stereocenters. The predicted molar refractivity (Wildman–Crippen MR) is 104 cm³/mol. The first-order valence-corrected chi connectivity index (χ1v) is 10.9. The molecule has 1 aromatic rings. The molecule has 7 rings (SSSR count). The number of nitrogens with zero attached hydrogens (tertiary/aromatic N) is 1. The number of hydrogen-bond donors (Lipinski definition) is 1. The second-order valence-corrected chi connectivity index (χ2v) is 9.99. The smallest absolute Gasteiger partial charge is 0.311 e. The molecular weight excluding hydrogens is 336 g/mol. The van der Waals surface area contributed by atoms with Gasteiger partial charge in [0.05, 0.1) is 43.6 Å². The Kier molecular flexibility index (Phi) is 2.97. The van der Waals surface area contributed by atoms with E-state index in [1.807, 2.05) is 0 Å². The monoisotopic (exact) mass is 367 g/mol. The quantitative estimate of drug-likeness (QED) is 0.643. The summed E-state index contributed by atoms with van der Waals surface area (Å²) in [5.74, 6) is -0.00543. The number of rotatable bonds is 2. The first-order chi connectivity index (χ1) is 13.1. The summed E-state index contributed by atoms with van der Waals surface area (Å²) in [5.41, 5.74) is 3.04. The third-order valence-electron chi connectivity index (χ3n) is 9.72. The molecule has 5 fully saturated rings. The van der Waals surface area contributed by atoms with Gasteiger partial charge in [-0.1, -0.05) is 18.2 Å². The van der Waals surface area contributed by atoms with E-state index in [2.05, 4.69) is 36.5 Å². The maximum absolute atomic E-state index is 13.1. The van der Waals surface area contributed by atoms with Crippen molar-refractivity contribution in [3.05, 3.63) is 29.8 Å². The number of piperidine rings is 1. The van der Waals surface area contributed by atoms with Crippen molar-refractivity contribution in [3.8, 4) is 0 Å². The molecular formula is C23H31N2O2+. The number of carbonyl (C=O) groups excluding carboxylic acids is 1. The van der Waals surface area contributed by atoms with Crippen LogP contribution >= 0.6 is 0 Å². The SMILES string of the molecule is CC[N@@+]12CCC[C@@]34CC[C@@]5(Nc6ccccc6[C@]5(CC1)[C@H]32)[C@@H](C(=O)OC)C4. The van der Waals surface area contributed by atoms with Crippen molar-refractivity contribution in [2.75, 3.05) is 32.1 Å². The molecule has 1 N–H and O–H groups in total. The molecule has 4 heteroatoms. The zero-order valence-electron chi connectivity index (χ0n) is 16.6. The minimum Gasteiger partial charge on any atom is -0.469 e. The summed E-state index contributed by atoms with van der Waals surface area (Å²) in [6, 6.07) is 9.62. The largest absolute Gasteiger partial charge is 0.469 e. The fourth-order valence-corrected chi connectivity index (χ4v) is 9.07. The van der Waals surface area contributed by atoms with Gasteiger partial charge in [-0.15, -0.1) is 0 Å². The third-order valence-corrected chi connectivity index (χ3v) is 9.72. The average molecular weight is 368 g/mol. The number of benzene rings is 1. The molecule has 3 aliphatic carbocycles. The van der Waals surface area contributed by atoms with Gasteiger partial charge in [-0.3, -0.25) is 4.79 Å². The highest BCUT2D eigenvalue weighted by Crippen LogP contribution is 2.75. The van der Waals surface area contributed by atoms with E-state index in [0.29, 0.717) is 11.5 Å². The summed E-state index contributed by atoms with van der Waals surface area (Å²) in [6.07, 6.45) is 7.23. The van der Waals surface area contributed by atoms with E-state index >= 15 is 0 Å². The van der Waals surface area contributed by atoms with Crippen molar-refractivity contribution in [3.63, 3.8) is 0 Å². The fourth-order valence-electron chi connectivity index (χ4n) is 9.07. The van der Waals surface area contributed by atoms with Crippen LogP contribution in [-0.4, -0.2) is 48.8 Å². The van der Waals surface area contributed by atoms with Crippen LogP contribution in [0.2, 0.25) is 0 Å². The van der Waals surface area contributed by atoms with E-state index in [0.717, 1.165) is 12.8 Å². The normalized spacial score (nSPS) is 48.4. The van der Waals surface area contributed by atoms with Gasteiger partial charge in [-0.25, -0.2) is 0 Å². The number of esters is 1. The van der Waals surface area contributed by atoms with Gasteiger partial charge in [0.25, 0.3) is 0 Å². The highest BCUT2D eigenvalue weighted by atomic mass is 16.5. The number of quaternary nitrogens is 1. The molecule has 6 atom stereocenters. The molecule has 27 heavy (non-hydrogen) atoms. The summed E-state index contributed by atoms with van der Waals surface area (Å²) >= 11 is 0. The molecule has 3 spiro atoms. The van der Waals surface area contributed by atoms with Gasteiger partial charge in [0.1, 0.15) is 6.04 Å². The number of nitrogens with one attached hydrogen (secondary N) is 1. The maximum Gasteiger partial charge on any atom is 0.311 e. The van der Waals surface area contributed by atoms with Crippen molar-refractivity contribution >= 4 is 11.7 Å². The lowest BCUT2D eigenvalue weighted by Crippen LogP contribution is -2.80. The van der Waals surface area contributed by atoms with E-state index in [-0.39, 0.29) is 22.8 Å². The molecule has 3 aliphatic heterocycles. The molecule has 144 valence electrons. The number of para-hydroxylation sites is 1. The fraction of sp³-hybridized carbons (Fsp3) is 0.696. The summed E-state index contributed by atoms with van der Waals surface area (Å²) in [4.78, 5) is 13.1. The lowest BCUT2D eigenvalue weighted by atomic mass is 9.38. The highest BCUT2D eigenvalue weighted by Gasteiger charge is 2.83. The van der Waals surface area contributed by atoms with Gasteiger partial charge in [0.15, 0.2) is 0 Å². The first-order valence-electron chi connectivity index (χ1n) is 10.9. The van der Waals surface area contributed by atoms with Crippen LogP contribution < -0.4 is 5.32 Å². The number of likely N-dealkylation sites (N-methyl/N-ethyl adjacent to an activating group) is 1. The number of anilines is 1. The molecule has 4 nitrogen and oxygen atoms in total. The molecule has 2 saturated heterocycles. The van der Waals surface area contributed by atoms with Gasteiger partial charge < -0.3 is 14.5 Å². The minimum absolute atomic E-state index is 0.0132. The van der Waals surface area contributed by atoms with Crippen LogP contribution in [0.1, 0.15) is 51.0 Å². The van der Waals surface area contributed by atoms with Crippen molar-refractivity contribution in [1.29, 1.82) is 0 Å². The van der Waals surface area contributed by atoms with Crippen LogP contribution in [0.15, 0.2) is 24.3 Å². The summed E-state index contributed by atoms with van der Waals surface area (Å²) in [7, 11) is 1.58. The van der Waals surface area contributed by atoms with Crippen molar-refractivity contribution in [2.24, 2.45) is 11.3 Å². The van der Waals surface area contributed by atoms with Crippen LogP contribution in [0, 0.1) is 11.3 Å². The van der Waals surface area contributed by atoms with Crippen LogP contribution in [0.4, 0.5) is 5.69 Å². The molecule has 2 bridgehead atoms. The highest BCUT2D eigenvalue weighted by molar-refractivity contribution is 5.80. The summed E-state index contributed by atoms with van der Waals surface area (Å²) in [5, 5.41) is 3.98. The van der Waals surface area contributed by atoms with Crippen LogP contribution in [-0.2, 0) is 14.9 Å². The molecule has 0 amide bonds. The Morgan fingerprint density at radius 3 is 2.89 bits per heavy atom. The summed E-state index contributed by atoms with van der Waals surface area (Å²) in [6.45, 7) is 6.23. The van der Waals surface area contributed by atoms with Gasteiger partial charge in [0.2, 0.25) is 0 Å². The second-order valence-electron chi connectivity index (χ2n) is 9.99. The molecule has 0 radical (unpaired) electrons. The number of carbonyl (C=O) groups is 1. The van der Waals surface area contributed by atoms with Crippen molar-refractivity contribution in [2.45, 2.75) is 62.4 Å². The second kappa shape index (κ2) is 4.89. The molecule has 0 aromatic heterocycles. The van der Waals surface area contributed by atoms with Gasteiger partial charge in [0, 0.05) is 17.5 Å². The van der Waals surface area contributed by atoms with Crippen molar-refractivity contribution in [1.82, 2.24) is 0 Å². The minimum atomic E-state index is -0.150. The standard InChI is InChI=1S/C23H31N2O2/c1-3-25-13-6-9-21-10-11-23(17(15-21)19(26)27-2)22(12-14-25,20(21)25)16-7-4-5-8-18(16)24-23/h4-5,7-8,17,20,24H,3,6,9-15H2,1-2H3/q+1/t17-,20+,21+,22-,23-,25-/m1/s1. The zero-order chi connectivity index (χ0) is 18.5. The Hall–Kier alpha value is -1.55. The number of hydrogen-bond acceptors (Lipinski definition) is 3. The molecule has 3 saturated carbocycles. The Labute approximate surface area is 161 Å². The third kappa shape index (κ3) is 1.54. The Bertz CT molecular complexity index is 839. The Morgan fingerprint density at radius 2 is 2.07 bits per heavy atom. The van der Waals surface area contributed by atoms with E-state index in [1.165, 1.54) is 61.1 Å². The van der Waals surface area contributed by atoms with E-state index < -0.39 is 0 Å². The van der Waals surface area contributed by atoms with Crippen LogP contribution in [0.5, 0.6) is 0 Å². The van der Waals surface area contributed by atoms with E-state index in [4.69, 9.17) is 4.74 Å². The Morgan fingerprint density at radius 1 is 1.22 bits per heavy atom. The van der Waals surface area contributed by atoms with Crippen molar-refractivity contribution < 1.29 is 14.0 Å². The average Bonchev–Trinajstić information content (AvgIpc) is 3.23. The maximum atomic E-state index is 13.1. The Balaban J connectivity index is 1.66. The summed E-state index contributed by atoms with van der Waals surface area (Å²) < 4.78 is 6.67. The van der Waals surface area contributed by atoms with Gasteiger partial charge in [-0.05, 0) is 50.7 Å². The first kappa shape index (κ1) is 16.4. The number of ether oxygens (including phenoxy) is 1. The van der Waals surface area contributed by atoms with Crippen LogP contribution in [0.3, 0.4) is 0 Å². The topological polar surface area (TPSA) is 38.3 Å². The number of methoxy groups -OCH3 is 1. The number of fused-ring (bicyclic) bond motifs is 3. The predicted octanol–water partition coefficient (Wildman–Crippen LogP) is 3.46. The van der Waals surface area contributed by atoms with E-state index in [9.17, 15) is 4.79 Å². The van der Waals surface area contributed by atoms with E-state index in [1.54, 1.807) is 7.11 Å². The zero-order valence-corrected chi connectivity index (χ0v) is 16.6. The van der Waals surface area contributed by atoms with Gasteiger partial charge >= 0.3 is 5.97 Å². The van der Waals surface area contributed by atoms with Crippen LogP contribution in [0.25, 0.3) is 0 Å². The lowest BCUT2D eigenvalue weighted by molar-refractivity contribution is -0.955. The molecule has 3 heterocycles.